The van der Waals surface area contributed by atoms with Crippen molar-refractivity contribution < 1.29 is 0 Å². The fourth-order valence-corrected chi connectivity index (χ4v) is 1.22. The Bertz CT molecular complexity index is 59.6. The molecule has 1 unspecified atom stereocenters. The van der Waals surface area contributed by atoms with Gasteiger partial charge in [0, 0.05) is 0 Å². The molecule has 0 rings (SSSR count). The summed E-state index contributed by atoms with van der Waals surface area (Å²) in [6.07, 6.45) is 2.46. The van der Waals surface area contributed by atoms with Crippen LogP contribution in [0.25, 0.3) is 0 Å². The molecule has 1 heteroatoms. The molecule has 0 heterocycles. The number of rotatable bonds is 4. The summed E-state index contributed by atoms with van der Waals surface area (Å²) in [5, 5.41) is 0. The van der Waals surface area contributed by atoms with Gasteiger partial charge >= 0.3 is 0 Å². The minimum Gasteiger partial charge on any atom is -0.330 e. The number of hydrogen-bond acceptors (Lipinski definition) is 1. The first-order valence-corrected chi connectivity index (χ1v) is 3.92. The predicted molar refractivity (Wildman–Crippen MR) is 42.3 cm³/mol. The van der Waals surface area contributed by atoms with E-state index >= 15 is 0 Å². The lowest BCUT2D eigenvalue weighted by atomic mass is 9.90. The topological polar surface area (TPSA) is 26.0 Å². The molecule has 0 aromatic heterocycles. The molecule has 9 heavy (non-hydrogen) atoms. The molecule has 0 saturated heterocycles. The fourth-order valence-electron chi connectivity index (χ4n) is 1.22. The van der Waals surface area contributed by atoms with E-state index in [1.165, 1.54) is 12.8 Å². The molecule has 0 saturated carbocycles. The molecule has 0 aromatic carbocycles. The van der Waals surface area contributed by atoms with Crippen molar-refractivity contribution >= 4 is 0 Å². The molecule has 0 spiro atoms. The van der Waals surface area contributed by atoms with Crippen LogP contribution in [-0.2, 0) is 0 Å². The minimum atomic E-state index is 0.804. The Morgan fingerprint density at radius 2 is 1.89 bits per heavy atom. The van der Waals surface area contributed by atoms with Crippen LogP contribution in [0.15, 0.2) is 0 Å². The molecule has 1 atom stereocenters. The van der Waals surface area contributed by atoms with Crippen LogP contribution in [0, 0.1) is 11.8 Å². The average Bonchev–Trinajstić information content (AvgIpc) is 1.82. The van der Waals surface area contributed by atoms with Crippen LogP contribution in [0.1, 0.15) is 33.6 Å². The highest BCUT2D eigenvalue weighted by Crippen LogP contribution is 2.17. The fraction of sp³-hybridized carbons (Fsp3) is 1.00. The van der Waals surface area contributed by atoms with Gasteiger partial charge in [-0.25, -0.2) is 0 Å². The maximum atomic E-state index is 5.44. The van der Waals surface area contributed by atoms with E-state index < -0.39 is 0 Å². The Balaban J connectivity index is 3.41. The minimum absolute atomic E-state index is 0.804. The molecule has 0 aliphatic rings. The summed E-state index contributed by atoms with van der Waals surface area (Å²) in [6.45, 7) is 7.62. The molecule has 2 N–H and O–H groups in total. The summed E-state index contributed by atoms with van der Waals surface area (Å²) in [6, 6.07) is 0. The van der Waals surface area contributed by atoms with Crippen molar-refractivity contribution in [2.24, 2.45) is 17.6 Å². The molecule has 0 radical (unpaired) electrons. The molecule has 0 amide bonds. The highest BCUT2D eigenvalue weighted by Gasteiger charge is 2.08. The van der Waals surface area contributed by atoms with E-state index in [4.69, 9.17) is 5.73 Å². The predicted octanol–water partition coefficient (Wildman–Crippen LogP) is 2.02. The van der Waals surface area contributed by atoms with Gasteiger partial charge in [0.15, 0.2) is 0 Å². The van der Waals surface area contributed by atoms with Crippen LogP contribution in [0.2, 0.25) is 0 Å². The lowest BCUT2D eigenvalue weighted by Gasteiger charge is -2.16. The first-order chi connectivity index (χ1) is 4.22. The SMILES string of the molecule is CCC(CCN)C(C)C. The standard InChI is InChI=1S/C8H19N/c1-4-8(5-6-9)7(2)3/h7-8H,4-6,9H2,1-3H3. The highest BCUT2D eigenvalue weighted by atomic mass is 14.5. The Labute approximate surface area is 58.6 Å². The smallest absolute Gasteiger partial charge is 0.00745 e. The van der Waals surface area contributed by atoms with E-state index in [-0.39, 0.29) is 0 Å². The van der Waals surface area contributed by atoms with E-state index in [1.54, 1.807) is 0 Å². The molecular formula is C8H19N. The van der Waals surface area contributed by atoms with E-state index in [1.807, 2.05) is 0 Å². The van der Waals surface area contributed by atoms with Gasteiger partial charge in [0.25, 0.3) is 0 Å². The average molecular weight is 129 g/mol. The van der Waals surface area contributed by atoms with Crippen LogP contribution in [0.4, 0.5) is 0 Å². The summed E-state index contributed by atoms with van der Waals surface area (Å²) >= 11 is 0. The first-order valence-electron chi connectivity index (χ1n) is 3.92. The zero-order valence-corrected chi connectivity index (χ0v) is 6.85. The molecule has 0 bridgehead atoms. The monoisotopic (exact) mass is 129 g/mol. The van der Waals surface area contributed by atoms with Crippen LogP contribution in [0.5, 0.6) is 0 Å². The molecule has 1 nitrogen and oxygen atoms in total. The Hall–Kier alpha value is -0.0400. The van der Waals surface area contributed by atoms with Crippen LogP contribution >= 0.6 is 0 Å². The zero-order valence-electron chi connectivity index (χ0n) is 6.85. The van der Waals surface area contributed by atoms with E-state index in [9.17, 15) is 0 Å². The van der Waals surface area contributed by atoms with Gasteiger partial charge in [0.05, 0.1) is 0 Å². The first kappa shape index (κ1) is 8.96. The van der Waals surface area contributed by atoms with Crippen LogP contribution < -0.4 is 5.73 Å². The van der Waals surface area contributed by atoms with Crippen molar-refractivity contribution in [3.05, 3.63) is 0 Å². The summed E-state index contributed by atoms with van der Waals surface area (Å²) in [5.74, 6) is 1.65. The van der Waals surface area contributed by atoms with Crippen molar-refractivity contribution in [3.63, 3.8) is 0 Å². The third kappa shape index (κ3) is 3.52. The molecule has 0 aliphatic carbocycles. The van der Waals surface area contributed by atoms with Gasteiger partial charge in [-0.15, -0.1) is 0 Å². The van der Waals surface area contributed by atoms with Gasteiger partial charge in [-0.2, -0.15) is 0 Å². The third-order valence-electron chi connectivity index (χ3n) is 2.00. The van der Waals surface area contributed by atoms with Crippen molar-refractivity contribution in [2.75, 3.05) is 6.54 Å². The Kier molecular flexibility index (Phi) is 4.78. The lowest BCUT2D eigenvalue weighted by molar-refractivity contribution is 0.354. The third-order valence-corrected chi connectivity index (χ3v) is 2.00. The quantitative estimate of drug-likeness (QED) is 0.617. The van der Waals surface area contributed by atoms with Crippen molar-refractivity contribution in [2.45, 2.75) is 33.6 Å². The second kappa shape index (κ2) is 4.80. The van der Waals surface area contributed by atoms with Gasteiger partial charge < -0.3 is 5.73 Å². The molecule has 0 aliphatic heterocycles. The highest BCUT2D eigenvalue weighted by molar-refractivity contribution is 4.60. The second-order valence-corrected chi connectivity index (χ2v) is 2.99. The summed E-state index contributed by atoms with van der Waals surface area (Å²) in [4.78, 5) is 0. The maximum absolute atomic E-state index is 5.44. The Morgan fingerprint density at radius 1 is 1.33 bits per heavy atom. The van der Waals surface area contributed by atoms with Crippen molar-refractivity contribution in [3.8, 4) is 0 Å². The summed E-state index contributed by atoms with van der Waals surface area (Å²) in [5.41, 5.74) is 5.44. The van der Waals surface area contributed by atoms with Crippen molar-refractivity contribution in [1.29, 1.82) is 0 Å². The summed E-state index contributed by atoms with van der Waals surface area (Å²) < 4.78 is 0. The van der Waals surface area contributed by atoms with Gasteiger partial charge in [-0.05, 0) is 24.8 Å². The van der Waals surface area contributed by atoms with Gasteiger partial charge in [0.1, 0.15) is 0 Å². The molecule has 0 fully saturated rings. The molecular weight excluding hydrogens is 110 g/mol. The Morgan fingerprint density at radius 3 is 2.00 bits per heavy atom. The van der Waals surface area contributed by atoms with Gasteiger partial charge in [-0.3, -0.25) is 0 Å². The van der Waals surface area contributed by atoms with E-state index in [0.717, 1.165) is 18.4 Å². The zero-order chi connectivity index (χ0) is 7.28. The molecule has 56 valence electrons. The normalized spacial score (nSPS) is 14.3. The second-order valence-electron chi connectivity index (χ2n) is 2.99. The van der Waals surface area contributed by atoms with Crippen LogP contribution in [-0.4, -0.2) is 6.54 Å². The molecule has 0 aromatic rings. The summed E-state index contributed by atoms with van der Waals surface area (Å²) in [7, 11) is 0. The van der Waals surface area contributed by atoms with Crippen LogP contribution in [0.3, 0.4) is 0 Å². The van der Waals surface area contributed by atoms with Gasteiger partial charge in [-0.1, -0.05) is 27.2 Å². The number of hydrogen-bond donors (Lipinski definition) is 1. The van der Waals surface area contributed by atoms with Crippen molar-refractivity contribution in [1.82, 2.24) is 0 Å². The van der Waals surface area contributed by atoms with E-state index in [2.05, 4.69) is 20.8 Å². The van der Waals surface area contributed by atoms with Gasteiger partial charge in [0.2, 0.25) is 0 Å². The maximum Gasteiger partial charge on any atom is -0.00745 e. The lowest BCUT2D eigenvalue weighted by Crippen LogP contribution is -2.12. The van der Waals surface area contributed by atoms with E-state index in [0.29, 0.717) is 0 Å². The number of nitrogens with two attached hydrogens (primary N) is 1. The largest absolute Gasteiger partial charge is 0.330 e.